The lowest BCUT2D eigenvalue weighted by Gasteiger charge is -2.24. The highest BCUT2D eigenvalue weighted by Crippen LogP contribution is 2.36. The van der Waals surface area contributed by atoms with Gasteiger partial charge in [-0.3, -0.25) is 0 Å². The minimum atomic E-state index is -4.63. The molecule has 0 radical (unpaired) electrons. The molecule has 2 aromatic carbocycles. The number of rotatable bonds is 7. The molecule has 0 aliphatic heterocycles. The molecule has 5 nitrogen and oxygen atoms in total. The van der Waals surface area contributed by atoms with E-state index in [0.29, 0.717) is 24.6 Å². The Balaban J connectivity index is 1.97. The molecule has 9 heteroatoms. The van der Waals surface area contributed by atoms with Crippen molar-refractivity contribution in [3.8, 4) is 11.5 Å². The number of methoxy groups -OCH3 is 2. The van der Waals surface area contributed by atoms with Crippen molar-refractivity contribution in [1.29, 1.82) is 0 Å². The molecule has 3 aromatic rings. The van der Waals surface area contributed by atoms with E-state index >= 15 is 0 Å². The number of benzene rings is 2. The molecular weight excluding hydrogens is 431 g/mol. The molecule has 0 fully saturated rings. The first-order chi connectivity index (χ1) is 14.7. The normalized spacial score (nSPS) is 11.3. The van der Waals surface area contributed by atoms with Crippen molar-refractivity contribution in [3.63, 3.8) is 0 Å². The Morgan fingerprint density at radius 2 is 1.29 bits per heavy atom. The third kappa shape index (κ3) is 5.58. The Morgan fingerprint density at radius 1 is 0.839 bits per heavy atom. The maximum Gasteiger partial charge on any atom is 0.421 e. The maximum atomic E-state index is 13.3. The average Bonchev–Trinajstić information content (AvgIpc) is 2.72. The Kier molecular flexibility index (Phi) is 6.90. The second kappa shape index (κ2) is 9.43. The van der Waals surface area contributed by atoms with Gasteiger partial charge in [0, 0.05) is 13.1 Å². The zero-order valence-electron chi connectivity index (χ0n) is 17.2. The van der Waals surface area contributed by atoms with Crippen LogP contribution in [-0.4, -0.2) is 24.2 Å². The Bertz CT molecular complexity index is 953. The van der Waals surface area contributed by atoms with E-state index in [1.54, 1.807) is 19.1 Å². The van der Waals surface area contributed by atoms with Gasteiger partial charge < -0.3 is 14.4 Å². The zero-order chi connectivity index (χ0) is 22.6. The van der Waals surface area contributed by atoms with Gasteiger partial charge in [-0.15, -0.1) is 0 Å². The molecule has 1 aromatic heterocycles. The van der Waals surface area contributed by atoms with E-state index in [4.69, 9.17) is 21.1 Å². The van der Waals surface area contributed by atoms with Crippen LogP contribution in [0, 0.1) is 6.92 Å². The molecule has 164 valence electrons. The van der Waals surface area contributed by atoms with Crippen molar-refractivity contribution >= 4 is 17.5 Å². The highest BCUT2D eigenvalue weighted by Gasteiger charge is 2.37. The summed E-state index contributed by atoms with van der Waals surface area (Å²) in [5.41, 5.74) is 0.571. The lowest BCUT2D eigenvalue weighted by Crippen LogP contribution is -2.25. The van der Waals surface area contributed by atoms with Gasteiger partial charge in [0.15, 0.2) is 0 Å². The summed E-state index contributed by atoms with van der Waals surface area (Å²) in [6.07, 6.45) is -4.63. The second-order valence-corrected chi connectivity index (χ2v) is 7.18. The first-order valence-electron chi connectivity index (χ1n) is 9.33. The van der Waals surface area contributed by atoms with Crippen LogP contribution in [0.2, 0.25) is 5.15 Å². The lowest BCUT2D eigenvalue weighted by atomic mass is 10.1. The summed E-state index contributed by atoms with van der Waals surface area (Å²) in [7, 11) is 3.15. The summed E-state index contributed by atoms with van der Waals surface area (Å²) < 4.78 is 50.2. The Hall–Kier alpha value is -3.00. The van der Waals surface area contributed by atoms with E-state index in [9.17, 15) is 13.2 Å². The molecular formula is C22H21ClF3N3O2. The number of nitrogens with zero attached hydrogens (tertiary/aromatic N) is 3. The van der Waals surface area contributed by atoms with Gasteiger partial charge in [-0.25, -0.2) is 9.97 Å². The van der Waals surface area contributed by atoms with Crippen LogP contribution in [-0.2, 0) is 19.3 Å². The SMILES string of the molecule is COc1ccc(CN(Cc2ccc(OC)cc2)c2nc(C)c(C(F)(F)F)c(Cl)n2)cc1. The summed E-state index contributed by atoms with van der Waals surface area (Å²) in [6, 6.07) is 14.7. The highest BCUT2D eigenvalue weighted by atomic mass is 35.5. The average molecular weight is 452 g/mol. The van der Waals surface area contributed by atoms with Crippen LogP contribution in [0.3, 0.4) is 0 Å². The van der Waals surface area contributed by atoms with E-state index in [1.165, 1.54) is 6.92 Å². The molecule has 1 heterocycles. The van der Waals surface area contributed by atoms with Gasteiger partial charge in [0.05, 0.1) is 19.9 Å². The molecule has 0 aliphatic rings. The molecule has 0 bridgehead atoms. The fourth-order valence-electron chi connectivity index (χ4n) is 3.09. The number of ether oxygens (including phenoxy) is 2. The van der Waals surface area contributed by atoms with Gasteiger partial charge in [0.1, 0.15) is 22.2 Å². The molecule has 31 heavy (non-hydrogen) atoms. The number of aryl methyl sites for hydroxylation is 1. The van der Waals surface area contributed by atoms with Crippen LogP contribution < -0.4 is 14.4 Å². The van der Waals surface area contributed by atoms with Crippen molar-refractivity contribution in [2.75, 3.05) is 19.1 Å². The Morgan fingerprint density at radius 3 is 1.65 bits per heavy atom. The Labute approximate surface area is 183 Å². The van der Waals surface area contributed by atoms with Gasteiger partial charge in [-0.2, -0.15) is 13.2 Å². The lowest BCUT2D eigenvalue weighted by molar-refractivity contribution is -0.138. The van der Waals surface area contributed by atoms with E-state index in [1.807, 2.05) is 48.5 Å². The molecule has 0 saturated carbocycles. The largest absolute Gasteiger partial charge is 0.497 e. The van der Waals surface area contributed by atoms with Crippen LogP contribution in [0.4, 0.5) is 19.1 Å². The monoisotopic (exact) mass is 451 g/mol. The zero-order valence-corrected chi connectivity index (χ0v) is 18.0. The summed E-state index contributed by atoms with van der Waals surface area (Å²) in [6.45, 7) is 1.99. The molecule has 0 amide bonds. The topological polar surface area (TPSA) is 47.5 Å². The maximum absolute atomic E-state index is 13.3. The molecule has 0 unspecified atom stereocenters. The molecule has 0 atom stereocenters. The van der Waals surface area contributed by atoms with Crippen LogP contribution in [0.15, 0.2) is 48.5 Å². The minimum absolute atomic E-state index is 0.113. The fourth-order valence-corrected chi connectivity index (χ4v) is 3.41. The molecule has 0 N–H and O–H groups in total. The third-order valence-electron chi connectivity index (χ3n) is 4.67. The van der Waals surface area contributed by atoms with E-state index in [-0.39, 0.29) is 11.6 Å². The smallest absolute Gasteiger partial charge is 0.421 e. The number of aromatic nitrogens is 2. The van der Waals surface area contributed by atoms with Crippen LogP contribution in [0.1, 0.15) is 22.4 Å². The highest BCUT2D eigenvalue weighted by molar-refractivity contribution is 6.30. The predicted octanol–water partition coefficient (Wildman–Crippen LogP) is 5.68. The van der Waals surface area contributed by atoms with Crippen LogP contribution in [0.25, 0.3) is 0 Å². The minimum Gasteiger partial charge on any atom is -0.497 e. The summed E-state index contributed by atoms with van der Waals surface area (Å²) in [5.74, 6) is 1.52. The molecule has 0 aliphatic carbocycles. The van der Waals surface area contributed by atoms with Crippen molar-refractivity contribution < 1.29 is 22.6 Å². The van der Waals surface area contributed by atoms with Gasteiger partial charge in [-0.1, -0.05) is 35.9 Å². The standard InChI is InChI=1S/C22H21ClF3N3O2/c1-14-19(22(24,25)26)20(23)28-21(27-14)29(12-15-4-8-17(30-2)9-5-15)13-16-6-10-18(31-3)11-7-16/h4-11H,12-13H2,1-3H3. The number of halogens is 4. The van der Waals surface area contributed by atoms with E-state index in [0.717, 1.165) is 11.1 Å². The molecule has 0 saturated heterocycles. The van der Waals surface area contributed by atoms with Crippen molar-refractivity contribution in [2.45, 2.75) is 26.2 Å². The van der Waals surface area contributed by atoms with Gasteiger partial charge in [0.2, 0.25) is 5.95 Å². The van der Waals surface area contributed by atoms with Crippen LogP contribution in [0.5, 0.6) is 11.5 Å². The number of hydrogen-bond donors (Lipinski definition) is 0. The van der Waals surface area contributed by atoms with Crippen molar-refractivity contribution in [1.82, 2.24) is 9.97 Å². The second-order valence-electron chi connectivity index (χ2n) is 6.82. The summed E-state index contributed by atoms with van der Waals surface area (Å²) in [5, 5.41) is -0.621. The van der Waals surface area contributed by atoms with Crippen molar-refractivity contribution in [3.05, 3.63) is 76.1 Å². The summed E-state index contributed by atoms with van der Waals surface area (Å²) >= 11 is 5.92. The third-order valence-corrected chi connectivity index (χ3v) is 4.94. The number of hydrogen-bond acceptors (Lipinski definition) is 5. The first kappa shape index (κ1) is 22.7. The van der Waals surface area contributed by atoms with Crippen molar-refractivity contribution in [2.24, 2.45) is 0 Å². The molecule has 3 rings (SSSR count). The van der Waals surface area contributed by atoms with Gasteiger partial charge in [-0.05, 0) is 42.3 Å². The summed E-state index contributed by atoms with van der Waals surface area (Å²) in [4.78, 5) is 9.86. The van der Waals surface area contributed by atoms with E-state index in [2.05, 4.69) is 9.97 Å². The first-order valence-corrected chi connectivity index (χ1v) is 9.71. The number of alkyl halides is 3. The predicted molar refractivity (Wildman–Crippen MR) is 113 cm³/mol. The van der Waals surface area contributed by atoms with Crippen LogP contribution >= 0.6 is 11.6 Å². The molecule has 0 spiro atoms. The number of anilines is 1. The van der Waals surface area contributed by atoms with E-state index < -0.39 is 16.9 Å². The van der Waals surface area contributed by atoms with Gasteiger partial charge >= 0.3 is 6.18 Å². The van der Waals surface area contributed by atoms with Gasteiger partial charge in [0.25, 0.3) is 0 Å². The quantitative estimate of drug-likeness (QED) is 0.432. The fraction of sp³-hybridized carbons (Fsp3) is 0.273.